The number of carbonyl (C=O) groups excluding carboxylic acids is 1. The summed E-state index contributed by atoms with van der Waals surface area (Å²) in [7, 11) is 0. The average Bonchev–Trinajstić information content (AvgIpc) is 2.10. The lowest BCUT2D eigenvalue weighted by Gasteiger charge is -2.21. The number of carbonyl (C=O) groups is 2. The van der Waals surface area contributed by atoms with Gasteiger partial charge in [-0.3, -0.25) is 9.59 Å². The zero-order chi connectivity index (χ0) is 11.8. The van der Waals surface area contributed by atoms with E-state index in [1.54, 1.807) is 0 Å². The van der Waals surface area contributed by atoms with E-state index in [9.17, 15) is 9.59 Å². The fraction of sp³-hybridized carbons (Fsp3) is 0.800. The van der Waals surface area contributed by atoms with Crippen LogP contribution in [-0.4, -0.2) is 36.2 Å². The molecular weight excluding hydrogens is 198 g/mol. The average molecular weight is 217 g/mol. The van der Waals surface area contributed by atoms with Crippen LogP contribution in [0, 0.1) is 5.92 Å². The summed E-state index contributed by atoms with van der Waals surface area (Å²) in [6.07, 6.45) is -0.491. The molecule has 0 aromatic carbocycles. The van der Waals surface area contributed by atoms with E-state index in [1.165, 1.54) is 0 Å². The summed E-state index contributed by atoms with van der Waals surface area (Å²) in [5.41, 5.74) is 0. The van der Waals surface area contributed by atoms with Crippen LogP contribution in [0.5, 0.6) is 0 Å². The van der Waals surface area contributed by atoms with Crippen molar-refractivity contribution in [2.24, 2.45) is 5.92 Å². The van der Waals surface area contributed by atoms with Crippen molar-refractivity contribution in [1.82, 2.24) is 5.32 Å². The Balaban J connectivity index is 4.04. The van der Waals surface area contributed by atoms with Crippen molar-refractivity contribution < 1.29 is 19.4 Å². The van der Waals surface area contributed by atoms with Crippen LogP contribution in [0.1, 0.15) is 27.2 Å². The van der Waals surface area contributed by atoms with E-state index in [0.717, 1.165) is 0 Å². The molecular formula is C10H19NO4. The minimum absolute atomic E-state index is 0.128. The molecule has 1 amide bonds. The molecule has 0 aliphatic rings. The number of nitrogens with one attached hydrogen (secondary N) is 1. The third kappa shape index (κ3) is 6.90. The maximum atomic E-state index is 11.2. The van der Waals surface area contributed by atoms with Crippen molar-refractivity contribution in [3.63, 3.8) is 0 Å². The molecule has 15 heavy (non-hydrogen) atoms. The number of aliphatic carboxylic acids is 1. The molecule has 0 rings (SSSR count). The highest BCUT2D eigenvalue weighted by atomic mass is 16.5. The molecule has 0 aromatic rings. The first kappa shape index (κ1) is 13.9. The van der Waals surface area contributed by atoms with Crippen molar-refractivity contribution >= 4 is 11.9 Å². The Morgan fingerprint density at radius 1 is 1.40 bits per heavy atom. The molecule has 0 aliphatic heterocycles. The summed E-state index contributed by atoms with van der Waals surface area (Å²) in [4.78, 5) is 21.5. The van der Waals surface area contributed by atoms with Gasteiger partial charge in [0.1, 0.15) is 6.42 Å². The molecule has 88 valence electrons. The van der Waals surface area contributed by atoms with Gasteiger partial charge in [0.15, 0.2) is 0 Å². The predicted octanol–water partition coefficient (Wildman–Crippen LogP) is 0.638. The van der Waals surface area contributed by atoms with Gasteiger partial charge in [-0.05, 0) is 12.8 Å². The highest BCUT2D eigenvalue weighted by Crippen LogP contribution is 2.02. The normalized spacial score (nSPS) is 12.5. The Morgan fingerprint density at radius 2 is 2.00 bits per heavy atom. The fourth-order valence-corrected chi connectivity index (χ4v) is 1.04. The number of rotatable bonds is 7. The number of amides is 1. The highest BCUT2D eigenvalue weighted by molar-refractivity contribution is 5.93. The third-order valence-electron chi connectivity index (χ3n) is 1.96. The van der Waals surface area contributed by atoms with E-state index < -0.39 is 18.3 Å². The van der Waals surface area contributed by atoms with Crippen LogP contribution in [0.4, 0.5) is 0 Å². The van der Waals surface area contributed by atoms with Gasteiger partial charge in [-0.2, -0.15) is 0 Å². The topological polar surface area (TPSA) is 75.6 Å². The molecule has 0 bridgehead atoms. The molecule has 1 atom stereocenters. The van der Waals surface area contributed by atoms with E-state index in [1.807, 2.05) is 20.8 Å². The molecule has 0 heterocycles. The molecule has 0 aliphatic carbocycles. The summed E-state index contributed by atoms with van der Waals surface area (Å²) in [5, 5.41) is 11.1. The van der Waals surface area contributed by atoms with Crippen molar-refractivity contribution in [3.8, 4) is 0 Å². The number of ether oxygens (including phenoxy) is 1. The van der Waals surface area contributed by atoms with E-state index in [-0.39, 0.29) is 12.0 Å². The van der Waals surface area contributed by atoms with Gasteiger partial charge in [-0.25, -0.2) is 0 Å². The molecule has 5 heteroatoms. The first-order valence-electron chi connectivity index (χ1n) is 5.06. The molecule has 0 radical (unpaired) electrons. The molecule has 0 saturated carbocycles. The van der Waals surface area contributed by atoms with Gasteiger partial charge in [-0.1, -0.05) is 13.8 Å². The Morgan fingerprint density at radius 3 is 2.40 bits per heavy atom. The number of hydrogen-bond acceptors (Lipinski definition) is 3. The molecule has 0 aromatic heterocycles. The second-order valence-electron chi connectivity index (χ2n) is 3.65. The Bertz CT molecular complexity index is 215. The van der Waals surface area contributed by atoms with Crippen LogP contribution >= 0.6 is 0 Å². The third-order valence-corrected chi connectivity index (χ3v) is 1.96. The van der Waals surface area contributed by atoms with Crippen LogP contribution in [-0.2, 0) is 14.3 Å². The zero-order valence-electron chi connectivity index (χ0n) is 9.45. The van der Waals surface area contributed by atoms with Gasteiger partial charge >= 0.3 is 5.97 Å². The Kier molecular flexibility index (Phi) is 6.70. The summed E-state index contributed by atoms with van der Waals surface area (Å²) in [6, 6.07) is -0.128. The lowest BCUT2D eigenvalue weighted by molar-refractivity contribution is -0.141. The molecule has 1 unspecified atom stereocenters. The molecule has 2 N–H and O–H groups in total. The smallest absolute Gasteiger partial charge is 0.312 e. The Hall–Kier alpha value is -1.10. The fourth-order valence-electron chi connectivity index (χ4n) is 1.04. The van der Waals surface area contributed by atoms with Crippen LogP contribution in [0.15, 0.2) is 0 Å². The maximum Gasteiger partial charge on any atom is 0.312 e. The van der Waals surface area contributed by atoms with Crippen LogP contribution in [0.25, 0.3) is 0 Å². The minimum atomic E-state index is -1.12. The Labute approximate surface area is 89.8 Å². The van der Waals surface area contributed by atoms with Gasteiger partial charge in [0.05, 0.1) is 12.6 Å². The molecule has 5 nitrogen and oxygen atoms in total. The number of carboxylic acids is 1. The minimum Gasteiger partial charge on any atom is -0.481 e. The largest absolute Gasteiger partial charge is 0.481 e. The van der Waals surface area contributed by atoms with Crippen molar-refractivity contribution in [2.45, 2.75) is 33.2 Å². The molecule has 0 spiro atoms. The van der Waals surface area contributed by atoms with Gasteiger partial charge < -0.3 is 15.2 Å². The lowest BCUT2D eigenvalue weighted by Crippen LogP contribution is -2.42. The number of carboxylic acid groups (broad SMARTS) is 1. The van der Waals surface area contributed by atoms with Gasteiger partial charge in [0.25, 0.3) is 0 Å². The first-order valence-corrected chi connectivity index (χ1v) is 5.06. The van der Waals surface area contributed by atoms with Crippen molar-refractivity contribution in [1.29, 1.82) is 0 Å². The first-order chi connectivity index (χ1) is 6.97. The van der Waals surface area contributed by atoms with E-state index >= 15 is 0 Å². The summed E-state index contributed by atoms with van der Waals surface area (Å²) in [5.74, 6) is -1.37. The van der Waals surface area contributed by atoms with Crippen LogP contribution < -0.4 is 5.32 Å². The summed E-state index contributed by atoms with van der Waals surface area (Å²) in [6.45, 7) is 6.77. The second-order valence-corrected chi connectivity index (χ2v) is 3.65. The highest BCUT2D eigenvalue weighted by Gasteiger charge is 2.17. The van der Waals surface area contributed by atoms with Gasteiger partial charge in [0.2, 0.25) is 5.91 Å². The van der Waals surface area contributed by atoms with Crippen molar-refractivity contribution in [3.05, 3.63) is 0 Å². The standard InChI is InChI=1S/C10H19NO4/c1-4-15-6-8(7(2)3)11-9(12)5-10(13)14/h7-8H,4-6H2,1-3H3,(H,11,12)(H,13,14). The number of hydrogen-bond donors (Lipinski definition) is 2. The summed E-state index contributed by atoms with van der Waals surface area (Å²) >= 11 is 0. The lowest BCUT2D eigenvalue weighted by atomic mass is 10.1. The SMILES string of the molecule is CCOCC(NC(=O)CC(=O)O)C(C)C. The molecule has 0 fully saturated rings. The zero-order valence-corrected chi connectivity index (χ0v) is 9.45. The maximum absolute atomic E-state index is 11.2. The quantitative estimate of drug-likeness (QED) is 0.613. The van der Waals surface area contributed by atoms with E-state index in [4.69, 9.17) is 9.84 Å². The van der Waals surface area contributed by atoms with E-state index in [0.29, 0.717) is 13.2 Å². The predicted molar refractivity (Wildman–Crippen MR) is 55.5 cm³/mol. The van der Waals surface area contributed by atoms with Crippen LogP contribution in [0.3, 0.4) is 0 Å². The van der Waals surface area contributed by atoms with Crippen LogP contribution in [0.2, 0.25) is 0 Å². The van der Waals surface area contributed by atoms with Gasteiger partial charge in [0, 0.05) is 6.61 Å². The van der Waals surface area contributed by atoms with Gasteiger partial charge in [-0.15, -0.1) is 0 Å². The second kappa shape index (κ2) is 7.23. The van der Waals surface area contributed by atoms with E-state index in [2.05, 4.69) is 5.32 Å². The monoisotopic (exact) mass is 217 g/mol. The summed E-state index contributed by atoms with van der Waals surface area (Å²) < 4.78 is 5.20. The molecule has 0 saturated heterocycles. The van der Waals surface area contributed by atoms with Crippen molar-refractivity contribution in [2.75, 3.05) is 13.2 Å².